The second-order valence-corrected chi connectivity index (χ2v) is 4.59. The lowest BCUT2D eigenvalue weighted by molar-refractivity contribution is -0.147. The summed E-state index contributed by atoms with van der Waals surface area (Å²) < 4.78 is 19.1. The number of benzene rings is 1. The van der Waals surface area contributed by atoms with Crippen LogP contribution in [0.2, 0.25) is 0 Å². The Bertz CT molecular complexity index is 463. The summed E-state index contributed by atoms with van der Waals surface area (Å²) in [5.41, 5.74) is -0.847. The predicted molar refractivity (Wildman–Crippen MR) is 64.5 cm³/mol. The Morgan fingerprint density at radius 3 is 2.39 bits per heavy atom. The molecule has 0 aliphatic carbocycles. The van der Waals surface area contributed by atoms with Gasteiger partial charge in [-0.25, -0.2) is 9.18 Å². The van der Waals surface area contributed by atoms with Crippen LogP contribution in [-0.2, 0) is 10.5 Å². The van der Waals surface area contributed by atoms with Gasteiger partial charge in [0.2, 0.25) is 0 Å². The smallest absolute Gasteiger partial charge is 0.337 e. The van der Waals surface area contributed by atoms with E-state index in [1.165, 1.54) is 27.0 Å². The van der Waals surface area contributed by atoms with Crippen molar-refractivity contribution in [1.29, 1.82) is 0 Å². The largest absolute Gasteiger partial charge is 0.496 e. The molecule has 0 radical (unpaired) electrons. The van der Waals surface area contributed by atoms with E-state index in [-0.39, 0.29) is 16.9 Å². The van der Waals surface area contributed by atoms with Crippen LogP contribution in [0.1, 0.15) is 36.6 Å². The third-order valence-corrected chi connectivity index (χ3v) is 2.77. The summed E-state index contributed by atoms with van der Waals surface area (Å²) in [6.45, 7) is 4.33. The highest BCUT2D eigenvalue weighted by Crippen LogP contribution is 2.39. The summed E-state index contributed by atoms with van der Waals surface area (Å²) in [5, 5.41) is 18.6. The first kappa shape index (κ1) is 14.4. The molecule has 2 N–H and O–H groups in total. The molecule has 0 amide bonds. The summed E-state index contributed by atoms with van der Waals surface area (Å²) in [7, 11) is 1.32. The van der Waals surface area contributed by atoms with Gasteiger partial charge in [0.1, 0.15) is 11.4 Å². The van der Waals surface area contributed by atoms with E-state index in [2.05, 4.69) is 0 Å². The maximum Gasteiger partial charge on any atom is 0.337 e. The molecule has 0 fully saturated rings. The molecule has 1 rings (SSSR count). The average molecular weight is 256 g/mol. The molecular weight excluding hydrogens is 239 g/mol. The van der Waals surface area contributed by atoms with Gasteiger partial charge in [0.25, 0.3) is 0 Å². The van der Waals surface area contributed by atoms with Crippen molar-refractivity contribution in [3.8, 4) is 5.75 Å². The number of rotatable bonds is 4. The van der Waals surface area contributed by atoms with Crippen molar-refractivity contribution >= 4 is 5.97 Å². The minimum atomic E-state index is -1.73. The van der Waals surface area contributed by atoms with Crippen LogP contribution >= 0.6 is 0 Å². The Kier molecular flexibility index (Phi) is 3.96. The summed E-state index contributed by atoms with van der Waals surface area (Å²) in [6.07, 6.45) is -1.73. The van der Waals surface area contributed by atoms with Gasteiger partial charge in [0.05, 0.1) is 7.11 Å². The van der Waals surface area contributed by atoms with Crippen molar-refractivity contribution in [2.24, 2.45) is 0 Å². The molecule has 18 heavy (non-hydrogen) atoms. The van der Waals surface area contributed by atoms with Gasteiger partial charge in [0.15, 0.2) is 6.10 Å². The van der Waals surface area contributed by atoms with E-state index < -0.39 is 17.7 Å². The lowest BCUT2D eigenvalue weighted by atomic mass is 9.91. The third kappa shape index (κ3) is 2.61. The molecule has 0 saturated heterocycles. The van der Waals surface area contributed by atoms with Gasteiger partial charge < -0.3 is 14.9 Å². The molecule has 100 valence electrons. The summed E-state index contributed by atoms with van der Waals surface area (Å²) >= 11 is 0. The van der Waals surface area contributed by atoms with E-state index in [1.807, 2.05) is 0 Å². The van der Waals surface area contributed by atoms with Gasteiger partial charge in [-0.1, -0.05) is 12.1 Å². The quantitative estimate of drug-likeness (QED) is 0.867. The first-order valence-electron chi connectivity index (χ1n) is 5.48. The Balaban J connectivity index is 3.54. The normalized spacial score (nSPS) is 13.2. The number of halogens is 1. The lowest BCUT2D eigenvalue weighted by Crippen LogP contribution is -2.17. The fourth-order valence-electron chi connectivity index (χ4n) is 1.85. The molecule has 0 aliphatic heterocycles. The van der Waals surface area contributed by atoms with Gasteiger partial charge in [-0.15, -0.1) is 0 Å². The van der Waals surface area contributed by atoms with Crippen LogP contribution in [0.4, 0.5) is 4.39 Å². The fourth-order valence-corrected chi connectivity index (χ4v) is 1.85. The highest BCUT2D eigenvalue weighted by Gasteiger charge is 2.30. The van der Waals surface area contributed by atoms with Crippen molar-refractivity contribution < 1.29 is 24.1 Å². The molecule has 0 heterocycles. The van der Waals surface area contributed by atoms with Crippen LogP contribution in [0.3, 0.4) is 0 Å². The molecule has 5 heteroatoms. The lowest BCUT2D eigenvalue weighted by Gasteiger charge is -2.23. The molecule has 1 atom stereocenters. The van der Waals surface area contributed by atoms with E-state index in [0.717, 1.165) is 0 Å². The average Bonchev–Trinajstić information content (AvgIpc) is 2.25. The zero-order chi connectivity index (χ0) is 14.1. The van der Waals surface area contributed by atoms with E-state index >= 15 is 0 Å². The van der Waals surface area contributed by atoms with Crippen LogP contribution in [0.5, 0.6) is 5.75 Å². The monoisotopic (exact) mass is 256 g/mol. The minimum absolute atomic E-state index is 0.0809. The van der Waals surface area contributed by atoms with E-state index in [9.17, 15) is 14.3 Å². The number of ether oxygens (including phenoxy) is 1. The first-order valence-corrected chi connectivity index (χ1v) is 5.48. The first-order chi connectivity index (χ1) is 8.20. The zero-order valence-electron chi connectivity index (χ0n) is 10.8. The molecule has 0 bridgehead atoms. The second-order valence-electron chi connectivity index (χ2n) is 4.59. The van der Waals surface area contributed by atoms with Crippen molar-refractivity contribution in [2.45, 2.75) is 32.5 Å². The summed E-state index contributed by atoms with van der Waals surface area (Å²) in [5.74, 6) is -1.32. The highest BCUT2D eigenvalue weighted by molar-refractivity contribution is 5.76. The van der Waals surface area contributed by atoms with Gasteiger partial charge >= 0.3 is 5.97 Å². The van der Waals surface area contributed by atoms with Crippen molar-refractivity contribution in [1.82, 2.24) is 0 Å². The van der Waals surface area contributed by atoms with Crippen LogP contribution in [0.25, 0.3) is 0 Å². The number of methoxy groups -OCH3 is 1. The molecule has 0 aromatic heterocycles. The Hall–Kier alpha value is -1.62. The number of hydrogen-bond acceptors (Lipinski definition) is 3. The second kappa shape index (κ2) is 4.94. The number of alkyl halides is 1. The van der Waals surface area contributed by atoms with Crippen LogP contribution in [0.15, 0.2) is 12.1 Å². The van der Waals surface area contributed by atoms with Crippen molar-refractivity contribution in [3.05, 3.63) is 28.8 Å². The van der Waals surface area contributed by atoms with Crippen molar-refractivity contribution in [3.63, 3.8) is 0 Å². The number of aliphatic hydroxyl groups is 1. The van der Waals surface area contributed by atoms with Crippen LogP contribution < -0.4 is 4.74 Å². The molecular formula is C13H17FO4. The molecule has 0 aliphatic rings. The van der Waals surface area contributed by atoms with Gasteiger partial charge in [-0.05, 0) is 26.3 Å². The number of aliphatic hydroxyl groups excluding tert-OH is 1. The summed E-state index contributed by atoms with van der Waals surface area (Å²) in [6, 6.07) is 3.10. The molecule has 1 aromatic rings. The number of aliphatic carboxylic acids is 1. The number of hydrogen-bond donors (Lipinski definition) is 2. The SMILES string of the molecule is COc1c(C(C)(C)F)ccc(C)c1C(O)C(=O)O. The van der Waals surface area contributed by atoms with Crippen LogP contribution in [-0.4, -0.2) is 23.3 Å². The van der Waals surface area contributed by atoms with Gasteiger partial charge in [0, 0.05) is 11.1 Å². The van der Waals surface area contributed by atoms with Gasteiger partial charge in [-0.2, -0.15) is 0 Å². The number of carboxylic acids is 1. The van der Waals surface area contributed by atoms with E-state index in [4.69, 9.17) is 9.84 Å². The van der Waals surface area contributed by atoms with E-state index in [0.29, 0.717) is 5.56 Å². The van der Waals surface area contributed by atoms with Gasteiger partial charge in [-0.3, -0.25) is 0 Å². The molecule has 1 unspecified atom stereocenters. The van der Waals surface area contributed by atoms with E-state index in [1.54, 1.807) is 13.0 Å². The zero-order valence-corrected chi connectivity index (χ0v) is 10.8. The molecule has 0 spiro atoms. The number of aryl methyl sites for hydroxylation is 1. The Morgan fingerprint density at radius 1 is 1.44 bits per heavy atom. The molecule has 0 saturated carbocycles. The third-order valence-electron chi connectivity index (χ3n) is 2.77. The maximum atomic E-state index is 14.0. The molecule has 1 aromatic carbocycles. The molecule has 4 nitrogen and oxygen atoms in total. The van der Waals surface area contributed by atoms with Crippen LogP contribution in [0, 0.1) is 6.92 Å². The summed E-state index contributed by atoms with van der Waals surface area (Å²) in [4.78, 5) is 10.9. The van der Waals surface area contributed by atoms with Crippen molar-refractivity contribution in [2.75, 3.05) is 7.11 Å². The minimum Gasteiger partial charge on any atom is -0.496 e. The maximum absolute atomic E-state index is 14.0. The topological polar surface area (TPSA) is 66.8 Å². The highest BCUT2D eigenvalue weighted by atomic mass is 19.1. The predicted octanol–water partition coefficient (Wildman–Crippen LogP) is 2.33. The Labute approximate surface area is 105 Å². The number of carboxylic acid groups (broad SMARTS) is 1. The number of carbonyl (C=O) groups is 1. The Morgan fingerprint density at radius 2 is 2.00 bits per heavy atom. The standard InChI is InChI=1S/C13H17FO4/c1-7-5-6-8(13(2,3)14)11(18-4)9(7)10(15)12(16)17/h5-6,10,15H,1-4H3,(H,16,17). The fraction of sp³-hybridized carbons (Fsp3) is 0.462.